The van der Waals surface area contributed by atoms with Crippen LogP contribution in [0.5, 0.6) is 5.75 Å². The molecule has 0 bridgehead atoms. The molecule has 2 amide bonds. The molecule has 172 valence electrons. The maximum atomic E-state index is 13.3. The number of rotatable bonds is 9. The van der Waals surface area contributed by atoms with E-state index < -0.39 is 0 Å². The molecule has 1 aliphatic heterocycles. The normalized spacial score (nSPS) is 18.9. The minimum atomic E-state index is -0.260. The quantitative estimate of drug-likeness (QED) is 0.610. The Labute approximate surface area is 190 Å². The van der Waals surface area contributed by atoms with E-state index in [1.54, 1.807) is 12.1 Å². The summed E-state index contributed by atoms with van der Waals surface area (Å²) < 4.78 is 19.2. The molecule has 0 aromatic heterocycles. The van der Waals surface area contributed by atoms with Crippen molar-refractivity contribution in [3.8, 4) is 5.75 Å². The summed E-state index contributed by atoms with van der Waals surface area (Å²) in [4.78, 5) is 17.4. The van der Waals surface area contributed by atoms with Gasteiger partial charge < -0.3 is 19.9 Å². The van der Waals surface area contributed by atoms with Crippen molar-refractivity contribution < 1.29 is 13.9 Å². The smallest absolute Gasteiger partial charge is 0.317 e. The number of urea groups is 1. The van der Waals surface area contributed by atoms with Gasteiger partial charge in [0.05, 0.1) is 6.10 Å². The predicted molar refractivity (Wildman–Crippen MR) is 124 cm³/mol. The molecule has 0 radical (unpaired) electrons. The average Bonchev–Trinajstić information content (AvgIpc) is 3.24. The maximum Gasteiger partial charge on any atom is 0.317 e. The van der Waals surface area contributed by atoms with Crippen LogP contribution in [0.3, 0.4) is 0 Å². The highest BCUT2D eigenvalue weighted by Gasteiger charge is 2.25. The number of carbonyl (C=O) groups excluding carboxylic acids is 1. The van der Waals surface area contributed by atoms with Gasteiger partial charge in [-0.2, -0.15) is 0 Å². The molecule has 5 nitrogen and oxygen atoms in total. The molecule has 1 saturated heterocycles. The van der Waals surface area contributed by atoms with Gasteiger partial charge in [0.1, 0.15) is 11.6 Å². The average molecular weight is 440 g/mol. The van der Waals surface area contributed by atoms with Crippen LogP contribution in [0.4, 0.5) is 9.18 Å². The van der Waals surface area contributed by atoms with Crippen molar-refractivity contribution >= 4 is 6.03 Å². The summed E-state index contributed by atoms with van der Waals surface area (Å²) in [5, 5.41) is 3.07. The number of amides is 2. The molecule has 2 fully saturated rings. The van der Waals surface area contributed by atoms with Crippen LogP contribution in [-0.4, -0.2) is 48.1 Å². The summed E-state index contributed by atoms with van der Waals surface area (Å²) in [6, 6.07) is 14.3. The van der Waals surface area contributed by atoms with Crippen molar-refractivity contribution in [2.45, 2.75) is 51.8 Å². The Kier molecular flexibility index (Phi) is 7.63. The van der Waals surface area contributed by atoms with Gasteiger partial charge >= 0.3 is 6.03 Å². The number of carbonyl (C=O) groups is 1. The number of hydrogen-bond acceptors (Lipinski definition) is 3. The van der Waals surface area contributed by atoms with Gasteiger partial charge in [0.2, 0.25) is 0 Å². The molecular formula is C26H34FN3O2. The third-order valence-electron chi connectivity index (χ3n) is 6.59. The van der Waals surface area contributed by atoms with Gasteiger partial charge in [-0.05, 0) is 80.1 Å². The number of halogens is 1. The molecule has 2 aliphatic rings. The molecule has 2 aromatic rings. The highest BCUT2D eigenvalue weighted by atomic mass is 19.1. The lowest BCUT2D eigenvalue weighted by Gasteiger charge is -2.27. The first-order valence-corrected chi connectivity index (χ1v) is 11.8. The molecule has 32 heavy (non-hydrogen) atoms. The van der Waals surface area contributed by atoms with E-state index in [1.165, 1.54) is 18.6 Å². The summed E-state index contributed by atoms with van der Waals surface area (Å²) >= 11 is 0. The summed E-state index contributed by atoms with van der Waals surface area (Å²) in [5.41, 5.74) is 1.98. The molecule has 0 spiro atoms. The summed E-state index contributed by atoms with van der Waals surface area (Å²) in [5.74, 6) is 1.09. The van der Waals surface area contributed by atoms with Gasteiger partial charge in [-0.15, -0.1) is 0 Å². The van der Waals surface area contributed by atoms with Gasteiger partial charge in [-0.1, -0.05) is 31.2 Å². The minimum Gasteiger partial charge on any atom is -0.490 e. The van der Waals surface area contributed by atoms with Crippen molar-refractivity contribution in [3.63, 3.8) is 0 Å². The summed E-state index contributed by atoms with van der Waals surface area (Å²) in [6.07, 6.45) is 4.99. The lowest BCUT2D eigenvalue weighted by molar-refractivity contribution is 0.120. The van der Waals surface area contributed by atoms with E-state index >= 15 is 0 Å². The van der Waals surface area contributed by atoms with Crippen LogP contribution in [-0.2, 0) is 13.1 Å². The molecule has 6 heteroatoms. The third kappa shape index (κ3) is 6.22. The molecule has 1 saturated carbocycles. The monoisotopic (exact) mass is 439 g/mol. The van der Waals surface area contributed by atoms with Crippen LogP contribution < -0.4 is 10.1 Å². The van der Waals surface area contributed by atoms with Crippen LogP contribution in [0.25, 0.3) is 0 Å². The first-order chi connectivity index (χ1) is 15.6. The Morgan fingerprint density at radius 3 is 2.44 bits per heavy atom. The number of ether oxygens (including phenoxy) is 1. The van der Waals surface area contributed by atoms with Gasteiger partial charge in [0.25, 0.3) is 0 Å². The highest BCUT2D eigenvalue weighted by Crippen LogP contribution is 2.25. The Morgan fingerprint density at radius 2 is 1.81 bits per heavy atom. The van der Waals surface area contributed by atoms with Crippen molar-refractivity contribution in [1.82, 2.24) is 15.1 Å². The van der Waals surface area contributed by atoms with Gasteiger partial charge in [0.15, 0.2) is 0 Å². The van der Waals surface area contributed by atoms with Gasteiger partial charge in [-0.3, -0.25) is 0 Å². The fraction of sp³-hybridized carbons (Fsp3) is 0.500. The fourth-order valence-electron chi connectivity index (χ4n) is 4.35. The molecule has 1 aliphatic carbocycles. The molecule has 1 heterocycles. The number of nitrogens with zero attached hydrogens (tertiary/aromatic N) is 2. The molecule has 1 atom stereocenters. The van der Waals surface area contributed by atoms with E-state index in [-0.39, 0.29) is 11.8 Å². The third-order valence-corrected chi connectivity index (χ3v) is 6.59. The van der Waals surface area contributed by atoms with E-state index in [9.17, 15) is 9.18 Å². The second kappa shape index (κ2) is 10.8. The molecule has 1 unspecified atom stereocenters. The summed E-state index contributed by atoms with van der Waals surface area (Å²) in [6.45, 7) is 6.97. The van der Waals surface area contributed by atoms with Crippen LogP contribution >= 0.6 is 0 Å². The Morgan fingerprint density at radius 1 is 1.09 bits per heavy atom. The second-order valence-corrected chi connectivity index (χ2v) is 9.03. The lowest BCUT2D eigenvalue weighted by Crippen LogP contribution is -2.42. The number of likely N-dealkylation sites (tertiary alicyclic amines) is 1. The fourth-order valence-corrected chi connectivity index (χ4v) is 4.35. The molecule has 4 rings (SSSR count). The number of hydrogen-bond donors (Lipinski definition) is 1. The molecular weight excluding hydrogens is 405 g/mol. The lowest BCUT2D eigenvalue weighted by atomic mass is 9.96. The highest BCUT2D eigenvalue weighted by molar-refractivity contribution is 5.74. The second-order valence-electron chi connectivity index (χ2n) is 9.03. The number of benzene rings is 2. The minimum absolute atomic E-state index is 0.0842. The first kappa shape index (κ1) is 22.6. The largest absolute Gasteiger partial charge is 0.490 e. The van der Waals surface area contributed by atoms with Gasteiger partial charge in [-0.25, -0.2) is 9.18 Å². The van der Waals surface area contributed by atoms with E-state index in [4.69, 9.17) is 4.74 Å². The van der Waals surface area contributed by atoms with E-state index in [0.29, 0.717) is 31.7 Å². The zero-order valence-electron chi connectivity index (χ0n) is 18.9. The topological polar surface area (TPSA) is 44.8 Å². The van der Waals surface area contributed by atoms with Crippen LogP contribution in [0.1, 0.15) is 43.7 Å². The Bertz CT molecular complexity index is 868. The zero-order valence-corrected chi connectivity index (χ0v) is 18.9. The van der Waals surface area contributed by atoms with Crippen LogP contribution in [0.2, 0.25) is 0 Å². The van der Waals surface area contributed by atoms with Crippen molar-refractivity contribution in [2.24, 2.45) is 5.92 Å². The molecule has 1 N–H and O–H groups in total. The molecule has 2 aromatic carbocycles. The summed E-state index contributed by atoms with van der Waals surface area (Å²) in [7, 11) is 0. The number of nitrogens with one attached hydrogen (secondary N) is 1. The Hall–Kier alpha value is -2.60. The van der Waals surface area contributed by atoms with Gasteiger partial charge in [0, 0.05) is 26.2 Å². The van der Waals surface area contributed by atoms with E-state index in [2.05, 4.69) is 17.1 Å². The predicted octanol–water partition coefficient (Wildman–Crippen LogP) is 4.81. The van der Waals surface area contributed by atoms with Crippen LogP contribution in [0.15, 0.2) is 48.5 Å². The standard InChI is InChI=1S/C26H34FN3O2/c1-2-29-15-14-22(17-29)19-30(18-21-6-10-23(27)11-7-21)26(31)28-16-20-8-12-25(13-9-20)32-24-4-3-5-24/h6-13,22,24H,2-5,14-19H2,1H3,(H,28,31). The zero-order chi connectivity index (χ0) is 22.3. The maximum absolute atomic E-state index is 13.3. The van der Waals surface area contributed by atoms with Crippen molar-refractivity contribution in [2.75, 3.05) is 26.2 Å². The van der Waals surface area contributed by atoms with Crippen LogP contribution in [0, 0.1) is 11.7 Å². The van der Waals surface area contributed by atoms with Crippen molar-refractivity contribution in [1.29, 1.82) is 0 Å². The SMILES string of the molecule is CCN1CCC(CN(Cc2ccc(F)cc2)C(=O)NCc2ccc(OC3CCC3)cc2)C1. The van der Waals surface area contributed by atoms with E-state index in [0.717, 1.165) is 55.8 Å². The first-order valence-electron chi connectivity index (χ1n) is 11.8. The Balaban J connectivity index is 1.34. The van der Waals surface area contributed by atoms with Crippen molar-refractivity contribution in [3.05, 3.63) is 65.5 Å². The van der Waals surface area contributed by atoms with E-state index in [1.807, 2.05) is 29.2 Å².